The van der Waals surface area contributed by atoms with Crippen LogP contribution in [0.2, 0.25) is 0 Å². The number of benzene rings is 2. The molecule has 0 fully saturated rings. The Hall–Kier alpha value is -1.74. The van der Waals surface area contributed by atoms with Crippen molar-refractivity contribution < 1.29 is 8.78 Å². The fraction of sp³-hybridized carbons (Fsp3) is 0.294. The quantitative estimate of drug-likeness (QED) is 0.897. The molecule has 0 saturated carbocycles. The zero-order valence-corrected chi connectivity index (χ0v) is 11.4. The average Bonchev–Trinajstić information content (AvgIpc) is 2.92. The van der Waals surface area contributed by atoms with Crippen molar-refractivity contribution in [2.75, 3.05) is 7.05 Å². The maximum absolute atomic E-state index is 14.0. The van der Waals surface area contributed by atoms with Crippen molar-refractivity contribution in [3.05, 3.63) is 70.3 Å². The number of nitrogens with one attached hydrogen (secondary N) is 1. The maximum atomic E-state index is 14.0. The largest absolute Gasteiger partial charge is 0.309 e. The van der Waals surface area contributed by atoms with E-state index in [0.29, 0.717) is 5.56 Å². The summed E-state index contributed by atoms with van der Waals surface area (Å²) >= 11 is 0. The highest BCUT2D eigenvalue weighted by molar-refractivity contribution is 5.40. The van der Waals surface area contributed by atoms with Crippen molar-refractivity contribution in [2.45, 2.75) is 25.3 Å². The first kappa shape index (κ1) is 13.3. The van der Waals surface area contributed by atoms with Crippen LogP contribution in [0.4, 0.5) is 8.78 Å². The second kappa shape index (κ2) is 5.33. The van der Waals surface area contributed by atoms with Gasteiger partial charge in [-0.05, 0) is 49.1 Å². The highest BCUT2D eigenvalue weighted by Crippen LogP contribution is 2.29. The van der Waals surface area contributed by atoms with E-state index < -0.39 is 11.6 Å². The van der Waals surface area contributed by atoms with Gasteiger partial charge in [-0.2, -0.15) is 0 Å². The third kappa shape index (κ3) is 2.22. The highest BCUT2D eigenvalue weighted by Gasteiger charge is 2.20. The average molecular weight is 273 g/mol. The zero-order valence-electron chi connectivity index (χ0n) is 11.4. The smallest absolute Gasteiger partial charge is 0.163 e. The second-order valence-corrected chi connectivity index (χ2v) is 5.25. The molecule has 0 aromatic heterocycles. The Morgan fingerprint density at radius 2 is 1.85 bits per heavy atom. The van der Waals surface area contributed by atoms with Gasteiger partial charge in [-0.3, -0.25) is 0 Å². The first-order valence-electron chi connectivity index (χ1n) is 6.93. The predicted molar refractivity (Wildman–Crippen MR) is 75.7 cm³/mol. The third-order valence-corrected chi connectivity index (χ3v) is 4.04. The van der Waals surface area contributed by atoms with Gasteiger partial charge in [0.2, 0.25) is 0 Å². The van der Waals surface area contributed by atoms with Gasteiger partial charge in [0.05, 0.1) is 6.04 Å². The van der Waals surface area contributed by atoms with Crippen LogP contribution in [0.25, 0.3) is 0 Å². The van der Waals surface area contributed by atoms with Gasteiger partial charge in [-0.15, -0.1) is 0 Å². The molecule has 2 aromatic carbocycles. The number of hydrogen-bond donors (Lipinski definition) is 1. The van der Waals surface area contributed by atoms with Crippen molar-refractivity contribution in [1.82, 2.24) is 5.32 Å². The highest BCUT2D eigenvalue weighted by atomic mass is 19.2. The molecule has 0 saturated heterocycles. The molecule has 1 nitrogen and oxygen atoms in total. The minimum Gasteiger partial charge on any atom is -0.309 e. The molecule has 1 aliphatic rings. The van der Waals surface area contributed by atoms with Gasteiger partial charge in [0, 0.05) is 5.56 Å². The van der Waals surface area contributed by atoms with Crippen LogP contribution in [0, 0.1) is 11.6 Å². The monoisotopic (exact) mass is 273 g/mol. The van der Waals surface area contributed by atoms with Crippen molar-refractivity contribution in [1.29, 1.82) is 0 Å². The number of hydrogen-bond acceptors (Lipinski definition) is 1. The first-order chi connectivity index (χ1) is 9.70. The molecule has 0 bridgehead atoms. The van der Waals surface area contributed by atoms with Crippen molar-refractivity contribution >= 4 is 0 Å². The van der Waals surface area contributed by atoms with E-state index >= 15 is 0 Å². The summed E-state index contributed by atoms with van der Waals surface area (Å²) in [5.74, 6) is -1.57. The first-order valence-corrected chi connectivity index (χ1v) is 6.93. The van der Waals surface area contributed by atoms with Crippen LogP contribution >= 0.6 is 0 Å². The molecule has 0 amide bonds. The molecule has 0 aliphatic heterocycles. The molecule has 1 N–H and O–H groups in total. The molecular formula is C17H17F2N. The minimum atomic E-state index is -0.802. The lowest BCUT2D eigenvalue weighted by atomic mass is 9.95. The summed E-state index contributed by atoms with van der Waals surface area (Å²) in [7, 11) is 1.77. The Balaban J connectivity index is 2.03. The number of rotatable bonds is 3. The molecule has 1 unspecified atom stereocenters. The Kier molecular flexibility index (Phi) is 3.53. The predicted octanol–water partition coefficient (Wildman–Crippen LogP) is 3.76. The van der Waals surface area contributed by atoms with Gasteiger partial charge in [0.25, 0.3) is 0 Å². The van der Waals surface area contributed by atoms with Crippen LogP contribution in [0.1, 0.15) is 34.7 Å². The molecule has 20 heavy (non-hydrogen) atoms. The van der Waals surface area contributed by atoms with Crippen LogP contribution in [-0.4, -0.2) is 7.05 Å². The lowest BCUT2D eigenvalue weighted by molar-refractivity contribution is 0.487. The zero-order chi connectivity index (χ0) is 14.1. The SMILES string of the molecule is CNC(c1ccc2c(c1)CCC2)c1cccc(F)c1F. The van der Waals surface area contributed by atoms with E-state index in [1.807, 2.05) is 6.07 Å². The molecule has 104 valence electrons. The summed E-state index contributed by atoms with van der Waals surface area (Å²) in [5, 5.41) is 3.09. The molecule has 0 heterocycles. The van der Waals surface area contributed by atoms with Crippen LogP contribution < -0.4 is 5.32 Å². The molecular weight excluding hydrogens is 256 g/mol. The summed E-state index contributed by atoms with van der Waals surface area (Å²) in [6, 6.07) is 10.2. The Morgan fingerprint density at radius 1 is 1.05 bits per heavy atom. The van der Waals surface area contributed by atoms with Gasteiger partial charge in [0.15, 0.2) is 11.6 Å². The van der Waals surface area contributed by atoms with E-state index in [2.05, 4.69) is 17.4 Å². The second-order valence-electron chi connectivity index (χ2n) is 5.25. The summed E-state index contributed by atoms with van der Waals surface area (Å²) in [4.78, 5) is 0. The number of fused-ring (bicyclic) bond motifs is 1. The summed E-state index contributed by atoms with van der Waals surface area (Å²) < 4.78 is 27.4. The van der Waals surface area contributed by atoms with E-state index in [1.165, 1.54) is 17.5 Å². The topological polar surface area (TPSA) is 12.0 Å². The van der Waals surface area contributed by atoms with Gasteiger partial charge in [-0.1, -0.05) is 30.3 Å². The van der Waals surface area contributed by atoms with Gasteiger partial charge < -0.3 is 5.32 Å². The fourth-order valence-corrected chi connectivity index (χ4v) is 3.02. The number of halogens is 2. The molecule has 2 aromatic rings. The van der Waals surface area contributed by atoms with Crippen LogP contribution in [0.3, 0.4) is 0 Å². The molecule has 1 atom stereocenters. The fourth-order valence-electron chi connectivity index (χ4n) is 3.02. The lowest BCUT2D eigenvalue weighted by Crippen LogP contribution is -2.19. The van der Waals surface area contributed by atoms with Crippen LogP contribution in [0.15, 0.2) is 36.4 Å². The van der Waals surface area contributed by atoms with Gasteiger partial charge in [-0.25, -0.2) is 8.78 Å². The van der Waals surface area contributed by atoms with E-state index in [4.69, 9.17) is 0 Å². The van der Waals surface area contributed by atoms with Crippen molar-refractivity contribution in [2.24, 2.45) is 0 Å². The molecule has 0 radical (unpaired) electrons. The molecule has 3 heteroatoms. The van der Waals surface area contributed by atoms with Crippen LogP contribution in [0.5, 0.6) is 0 Å². The Bertz CT molecular complexity index is 637. The Labute approximate surface area is 117 Å². The summed E-state index contributed by atoms with van der Waals surface area (Å²) in [6.45, 7) is 0. The molecule has 1 aliphatic carbocycles. The van der Waals surface area contributed by atoms with E-state index in [9.17, 15) is 8.78 Å². The Morgan fingerprint density at radius 3 is 2.65 bits per heavy atom. The summed E-state index contributed by atoms with van der Waals surface area (Å²) in [6.07, 6.45) is 3.37. The lowest BCUT2D eigenvalue weighted by Gasteiger charge is -2.19. The van der Waals surface area contributed by atoms with Crippen molar-refractivity contribution in [3.63, 3.8) is 0 Å². The minimum absolute atomic E-state index is 0.323. The van der Waals surface area contributed by atoms with E-state index in [1.54, 1.807) is 19.2 Å². The van der Waals surface area contributed by atoms with Gasteiger partial charge in [0.1, 0.15) is 0 Å². The normalized spacial score (nSPS) is 15.2. The standard InChI is InChI=1S/C17H17F2N/c1-20-17(14-6-3-7-15(18)16(14)19)13-9-8-11-4-2-5-12(11)10-13/h3,6-10,17,20H,2,4-5H2,1H3. The molecule has 0 spiro atoms. The van der Waals surface area contributed by atoms with E-state index in [0.717, 1.165) is 24.5 Å². The third-order valence-electron chi connectivity index (χ3n) is 4.04. The number of aryl methyl sites for hydroxylation is 2. The van der Waals surface area contributed by atoms with Gasteiger partial charge >= 0.3 is 0 Å². The molecule has 3 rings (SSSR count). The van der Waals surface area contributed by atoms with Crippen molar-refractivity contribution in [3.8, 4) is 0 Å². The van der Waals surface area contributed by atoms with E-state index in [-0.39, 0.29) is 6.04 Å². The van der Waals surface area contributed by atoms with Crippen LogP contribution in [-0.2, 0) is 12.8 Å². The maximum Gasteiger partial charge on any atom is 0.163 e. The summed E-state index contributed by atoms with van der Waals surface area (Å²) in [5.41, 5.74) is 4.05.